The van der Waals surface area contributed by atoms with Gasteiger partial charge in [-0.05, 0) is 60.8 Å². The van der Waals surface area contributed by atoms with Gasteiger partial charge < -0.3 is 5.32 Å². The predicted molar refractivity (Wildman–Crippen MR) is 79.6 cm³/mol. The number of aromatic nitrogens is 2. The van der Waals surface area contributed by atoms with Crippen molar-refractivity contribution in [3.63, 3.8) is 0 Å². The van der Waals surface area contributed by atoms with Crippen LogP contribution in [0.4, 0.5) is 5.69 Å². The summed E-state index contributed by atoms with van der Waals surface area (Å²) in [6, 6.07) is 4.02. The van der Waals surface area contributed by atoms with E-state index in [0.717, 1.165) is 27.0 Å². The highest BCUT2D eigenvalue weighted by Crippen LogP contribution is 2.28. The van der Waals surface area contributed by atoms with Gasteiger partial charge in [0.05, 0.1) is 16.9 Å². The minimum atomic E-state index is -0.142. The van der Waals surface area contributed by atoms with Crippen LogP contribution < -0.4 is 5.32 Å². The quantitative estimate of drug-likeness (QED) is 0.886. The number of carbonyl (C=O) groups is 1. The molecule has 1 amide bonds. The number of aryl methyl sites for hydroxylation is 4. The fourth-order valence-electron chi connectivity index (χ4n) is 2.14. The van der Waals surface area contributed by atoms with Gasteiger partial charge in [-0.25, -0.2) is 0 Å². The Labute approximate surface area is 120 Å². The molecule has 0 radical (unpaired) electrons. The van der Waals surface area contributed by atoms with Crippen LogP contribution in [0.1, 0.15) is 32.9 Å². The first-order valence-corrected chi connectivity index (χ1v) is 6.79. The van der Waals surface area contributed by atoms with Gasteiger partial charge in [-0.15, -0.1) is 0 Å². The van der Waals surface area contributed by atoms with Gasteiger partial charge >= 0.3 is 0 Å². The lowest BCUT2D eigenvalue weighted by Crippen LogP contribution is -2.15. The van der Waals surface area contributed by atoms with E-state index >= 15 is 0 Å². The monoisotopic (exact) mass is 321 g/mol. The molecule has 2 N–H and O–H groups in total. The summed E-state index contributed by atoms with van der Waals surface area (Å²) in [4.78, 5) is 12.3. The molecule has 0 atom stereocenters. The molecule has 2 aromatic rings. The summed E-state index contributed by atoms with van der Waals surface area (Å²) in [6.45, 7) is 7.65. The normalized spacial score (nSPS) is 10.6. The number of nitrogens with zero attached hydrogens (tertiary/aromatic N) is 1. The summed E-state index contributed by atoms with van der Waals surface area (Å²) >= 11 is 3.49. The number of hydrogen-bond donors (Lipinski definition) is 2. The molecular weight excluding hydrogens is 306 g/mol. The number of benzene rings is 1. The molecular formula is C14H16BrN3O. The molecule has 1 aromatic heterocycles. The maximum absolute atomic E-state index is 12.3. The van der Waals surface area contributed by atoms with E-state index in [1.165, 1.54) is 0 Å². The van der Waals surface area contributed by atoms with Crippen LogP contribution in [-0.2, 0) is 0 Å². The molecule has 0 spiro atoms. The third-order valence-electron chi connectivity index (χ3n) is 3.03. The second kappa shape index (κ2) is 5.17. The van der Waals surface area contributed by atoms with Crippen molar-refractivity contribution >= 4 is 27.5 Å². The Kier molecular flexibility index (Phi) is 3.75. The van der Waals surface area contributed by atoms with Gasteiger partial charge in [0.15, 0.2) is 0 Å². The van der Waals surface area contributed by atoms with Crippen LogP contribution in [0, 0.1) is 27.7 Å². The van der Waals surface area contributed by atoms with Crippen molar-refractivity contribution < 1.29 is 4.79 Å². The standard InChI is InChI=1S/C14H16BrN3O/c1-7-5-8(2)13(11(15)6-7)16-14(19)12-9(3)17-18-10(12)4/h5-6H,1-4H3,(H,16,19)(H,17,18). The van der Waals surface area contributed by atoms with Crippen LogP contribution >= 0.6 is 15.9 Å². The number of rotatable bonds is 2. The fraction of sp³-hybridized carbons (Fsp3) is 0.286. The number of aromatic amines is 1. The maximum Gasteiger partial charge on any atom is 0.259 e. The van der Waals surface area contributed by atoms with Crippen molar-refractivity contribution in [3.05, 3.63) is 44.7 Å². The third kappa shape index (κ3) is 2.71. The Morgan fingerprint density at radius 3 is 2.47 bits per heavy atom. The highest BCUT2D eigenvalue weighted by atomic mass is 79.9. The highest BCUT2D eigenvalue weighted by Gasteiger charge is 2.17. The minimum Gasteiger partial charge on any atom is -0.321 e. The summed E-state index contributed by atoms with van der Waals surface area (Å²) in [5.74, 6) is -0.142. The summed E-state index contributed by atoms with van der Waals surface area (Å²) in [5.41, 5.74) is 5.06. The average molecular weight is 322 g/mol. The van der Waals surface area contributed by atoms with Crippen molar-refractivity contribution in [2.75, 3.05) is 5.32 Å². The van der Waals surface area contributed by atoms with Gasteiger partial charge in [-0.1, -0.05) is 6.07 Å². The molecule has 1 aromatic carbocycles. The van der Waals surface area contributed by atoms with E-state index in [0.29, 0.717) is 11.3 Å². The molecule has 0 aliphatic carbocycles. The van der Waals surface area contributed by atoms with E-state index in [1.807, 2.05) is 39.8 Å². The Morgan fingerprint density at radius 2 is 1.95 bits per heavy atom. The van der Waals surface area contributed by atoms with Crippen LogP contribution in [0.3, 0.4) is 0 Å². The number of nitrogens with one attached hydrogen (secondary N) is 2. The second-order valence-corrected chi connectivity index (χ2v) is 5.56. The SMILES string of the molecule is Cc1cc(C)c(NC(=O)c2c(C)n[nH]c2C)c(Br)c1. The summed E-state index contributed by atoms with van der Waals surface area (Å²) in [5, 5.41) is 9.80. The number of carbonyl (C=O) groups excluding carboxylic acids is 1. The summed E-state index contributed by atoms with van der Waals surface area (Å²) in [7, 11) is 0. The third-order valence-corrected chi connectivity index (χ3v) is 3.65. The van der Waals surface area contributed by atoms with Crippen LogP contribution in [0.25, 0.3) is 0 Å². The molecule has 0 aliphatic heterocycles. The molecule has 0 bridgehead atoms. The van der Waals surface area contributed by atoms with Crippen LogP contribution in [0.5, 0.6) is 0 Å². The smallest absolute Gasteiger partial charge is 0.259 e. The van der Waals surface area contributed by atoms with E-state index in [1.54, 1.807) is 0 Å². The molecule has 0 saturated heterocycles. The predicted octanol–water partition coefficient (Wildman–Crippen LogP) is 3.66. The van der Waals surface area contributed by atoms with E-state index in [-0.39, 0.29) is 5.91 Å². The van der Waals surface area contributed by atoms with Gasteiger partial charge in [-0.2, -0.15) is 5.10 Å². The molecule has 0 saturated carbocycles. The zero-order valence-corrected chi connectivity index (χ0v) is 13.0. The first-order valence-electron chi connectivity index (χ1n) is 6.00. The van der Waals surface area contributed by atoms with E-state index in [9.17, 15) is 4.79 Å². The van der Waals surface area contributed by atoms with Gasteiger partial charge in [0.2, 0.25) is 0 Å². The summed E-state index contributed by atoms with van der Waals surface area (Å²) in [6.07, 6.45) is 0. The van der Waals surface area contributed by atoms with Crippen molar-refractivity contribution in [2.45, 2.75) is 27.7 Å². The Hall–Kier alpha value is -1.62. The first kappa shape index (κ1) is 13.8. The molecule has 5 heteroatoms. The van der Waals surface area contributed by atoms with Gasteiger partial charge in [0.25, 0.3) is 5.91 Å². The molecule has 2 rings (SSSR count). The molecule has 4 nitrogen and oxygen atoms in total. The minimum absolute atomic E-state index is 0.142. The average Bonchev–Trinajstić information content (AvgIpc) is 2.63. The van der Waals surface area contributed by atoms with E-state index in [4.69, 9.17) is 0 Å². The van der Waals surface area contributed by atoms with Crippen LogP contribution in [-0.4, -0.2) is 16.1 Å². The van der Waals surface area contributed by atoms with Crippen molar-refractivity contribution in [1.82, 2.24) is 10.2 Å². The van der Waals surface area contributed by atoms with Crippen molar-refractivity contribution in [3.8, 4) is 0 Å². The topological polar surface area (TPSA) is 57.8 Å². The number of amides is 1. The fourth-order valence-corrected chi connectivity index (χ4v) is 2.91. The Balaban J connectivity index is 2.35. The second-order valence-electron chi connectivity index (χ2n) is 4.70. The number of halogens is 1. The van der Waals surface area contributed by atoms with Crippen molar-refractivity contribution in [2.24, 2.45) is 0 Å². The number of hydrogen-bond acceptors (Lipinski definition) is 2. The molecule has 19 heavy (non-hydrogen) atoms. The lowest BCUT2D eigenvalue weighted by molar-refractivity contribution is 0.102. The zero-order chi connectivity index (χ0) is 14.2. The largest absolute Gasteiger partial charge is 0.321 e. The zero-order valence-electron chi connectivity index (χ0n) is 11.4. The molecule has 0 aliphatic rings. The van der Waals surface area contributed by atoms with Crippen LogP contribution in [0.15, 0.2) is 16.6 Å². The number of anilines is 1. The summed E-state index contributed by atoms with van der Waals surface area (Å²) < 4.78 is 0.886. The van der Waals surface area contributed by atoms with Crippen molar-refractivity contribution in [1.29, 1.82) is 0 Å². The van der Waals surface area contributed by atoms with Gasteiger partial charge in [-0.3, -0.25) is 9.89 Å². The van der Waals surface area contributed by atoms with E-state index < -0.39 is 0 Å². The Bertz CT molecular complexity index is 604. The molecule has 1 heterocycles. The Morgan fingerprint density at radius 1 is 1.26 bits per heavy atom. The molecule has 0 unspecified atom stereocenters. The molecule has 100 valence electrons. The lowest BCUT2D eigenvalue weighted by atomic mass is 10.1. The maximum atomic E-state index is 12.3. The number of H-pyrrole nitrogens is 1. The lowest BCUT2D eigenvalue weighted by Gasteiger charge is -2.12. The van der Waals surface area contributed by atoms with Gasteiger partial charge in [0.1, 0.15) is 0 Å². The van der Waals surface area contributed by atoms with Crippen LogP contribution in [0.2, 0.25) is 0 Å². The highest BCUT2D eigenvalue weighted by molar-refractivity contribution is 9.10. The van der Waals surface area contributed by atoms with E-state index in [2.05, 4.69) is 31.4 Å². The molecule has 0 fully saturated rings. The first-order chi connectivity index (χ1) is 8.90. The van der Waals surface area contributed by atoms with Gasteiger partial charge in [0, 0.05) is 10.2 Å².